The van der Waals surface area contributed by atoms with Gasteiger partial charge in [0.25, 0.3) is 0 Å². The fraction of sp³-hybridized carbons (Fsp3) is 0.500. The van der Waals surface area contributed by atoms with Crippen LogP contribution < -0.4 is 16.8 Å². The zero-order valence-corrected chi connectivity index (χ0v) is 8.95. The number of piperidine rings is 1. The maximum absolute atomic E-state index is 5.84. The minimum atomic E-state index is 0.324. The first kappa shape index (κ1) is 10.6. The van der Waals surface area contributed by atoms with E-state index < -0.39 is 0 Å². The van der Waals surface area contributed by atoms with E-state index in [-0.39, 0.29) is 0 Å². The van der Waals surface area contributed by atoms with Gasteiger partial charge in [0.1, 0.15) is 0 Å². The van der Waals surface area contributed by atoms with Gasteiger partial charge in [-0.15, -0.1) is 0 Å². The summed E-state index contributed by atoms with van der Waals surface area (Å²) in [4.78, 5) is 0. The number of hydrogen-bond donors (Lipinski definition) is 3. The summed E-state index contributed by atoms with van der Waals surface area (Å²) >= 11 is 0. The molecule has 0 aromatic heterocycles. The molecule has 2 rings (SSSR count). The third-order valence-electron chi connectivity index (χ3n) is 3.07. The first-order valence-corrected chi connectivity index (χ1v) is 5.57. The van der Waals surface area contributed by atoms with E-state index >= 15 is 0 Å². The highest BCUT2D eigenvalue weighted by molar-refractivity contribution is 5.25. The smallest absolute Gasteiger partial charge is 0.0321 e. The first-order chi connectivity index (χ1) is 7.29. The second-order valence-corrected chi connectivity index (χ2v) is 4.24. The van der Waals surface area contributed by atoms with Crippen molar-refractivity contribution in [3.63, 3.8) is 0 Å². The lowest BCUT2D eigenvalue weighted by Gasteiger charge is -2.28. The van der Waals surface area contributed by atoms with Crippen molar-refractivity contribution < 1.29 is 0 Å². The van der Waals surface area contributed by atoms with Gasteiger partial charge in [-0.2, -0.15) is 0 Å². The van der Waals surface area contributed by atoms with E-state index in [0.29, 0.717) is 18.6 Å². The molecule has 0 amide bonds. The normalized spacial score (nSPS) is 26.5. The summed E-state index contributed by atoms with van der Waals surface area (Å²) < 4.78 is 0. The topological polar surface area (TPSA) is 64.1 Å². The summed E-state index contributed by atoms with van der Waals surface area (Å²) in [6.07, 6.45) is 2.24. The van der Waals surface area contributed by atoms with Gasteiger partial charge in [0.15, 0.2) is 0 Å². The van der Waals surface area contributed by atoms with Crippen LogP contribution in [0.1, 0.15) is 30.0 Å². The molecule has 0 radical (unpaired) electrons. The molecular weight excluding hydrogens is 186 g/mol. The molecule has 1 aliphatic heterocycles. The Labute approximate surface area is 90.8 Å². The Hall–Kier alpha value is -0.900. The van der Waals surface area contributed by atoms with E-state index in [1.54, 1.807) is 0 Å². The molecule has 0 bridgehead atoms. The van der Waals surface area contributed by atoms with Crippen molar-refractivity contribution in [1.82, 2.24) is 5.32 Å². The van der Waals surface area contributed by atoms with Crippen molar-refractivity contribution in [3.8, 4) is 0 Å². The fourth-order valence-corrected chi connectivity index (χ4v) is 2.05. The van der Waals surface area contributed by atoms with E-state index in [9.17, 15) is 0 Å². The van der Waals surface area contributed by atoms with E-state index in [1.807, 2.05) is 0 Å². The molecule has 3 nitrogen and oxygen atoms in total. The molecule has 1 aromatic rings. The largest absolute Gasteiger partial charge is 0.327 e. The predicted molar refractivity (Wildman–Crippen MR) is 62.3 cm³/mol. The van der Waals surface area contributed by atoms with Crippen LogP contribution in [0, 0.1) is 0 Å². The molecule has 1 aromatic carbocycles. The Balaban J connectivity index is 2.03. The van der Waals surface area contributed by atoms with Gasteiger partial charge < -0.3 is 16.8 Å². The van der Waals surface area contributed by atoms with Crippen LogP contribution >= 0.6 is 0 Å². The van der Waals surface area contributed by atoms with Crippen LogP contribution in [-0.2, 0) is 6.54 Å². The minimum absolute atomic E-state index is 0.324. The summed E-state index contributed by atoms with van der Waals surface area (Å²) in [5, 5.41) is 3.47. The van der Waals surface area contributed by atoms with Crippen molar-refractivity contribution in [2.45, 2.75) is 31.5 Å². The highest BCUT2D eigenvalue weighted by atomic mass is 15.0. The Morgan fingerprint density at radius 2 is 1.93 bits per heavy atom. The van der Waals surface area contributed by atoms with Crippen LogP contribution in [0.25, 0.3) is 0 Å². The quantitative estimate of drug-likeness (QED) is 0.672. The summed E-state index contributed by atoms with van der Waals surface area (Å²) in [5.74, 6) is 0. The van der Waals surface area contributed by atoms with Crippen molar-refractivity contribution in [2.24, 2.45) is 11.5 Å². The molecular formula is C12H19N3. The number of nitrogens with two attached hydrogens (primary N) is 2. The Kier molecular flexibility index (Phi) is 3.36. The molecule has 82 valence electrons. The summed E-state index contributed by atoms with van der Waals surface area (Å²) in [6.45, 7) is 1.53. The third kappa shape index (κ3) is 2.56. The van der Waals surface area contributed by atoms with E-state index in [2.05, 4.69) is 29.6 Å². The van der Waals surface area contributed by atoms with E-state index in [4.69, 9.17) is 11.5 Å². The van der Waals surface area contributed by atoms with Gasteiger partial charge in [0.05, 0.1) is 0 Å². The maximum Gasteiger partial charge on any atom is 0.0321 e. The lowest BCUT2D eigenvalue weighted by molar-refractivity contribution is 0.373. The Morgan fingerprint density at radius 3 is 2.47 bits per heavy atom. The van der Waals surface area contributed by atoms with Gasteiger partial charge in [-0.1, -0.05) is 24.3 Å². The number of hydrogen-bond acceptors (Lipinski definition) is 3. The fourth-order valence-electron chi connectivity index (χ4n) is 2.05. The van der Waals surface area contributed by atoms with Crippen LogP contribution in [0.5, 0.6) is 0 Å². The zero-order chi connectivity index (χ0) is 10.7. The molecule has 2 atom stereocenters. The summed E-state index contributed by atoms with van der Waals surface area (Å²) in [6, 6.07) is 9.33. The lowest BCUT2D eigenvalue weighted by atomic mass is 9.95. The number of nitrogens with one attached hydrogen (secondary N) is 1. The predicted octanol–water partition coefficient (Wildman–Crippen LogP) is 0.897. The molecule has 5 N–H and O–H groups in total. The van der Waals surface area contributed by atoms with Gasteiger partial charge in [-0.05, 0) is 24.0 Å². The highest BCUT2D eigenvalue weighted by Gasteiger charge is 2.18. The maximum atomic E-state index is 5.84. The number of benzene rings is 1. The monoisotopic (exact) mass is 205 g/mol. The minimum Gasteiger partial charge on any atom is -0.327 e. The third-order valence-corrected chi connectivity index (χ3v) is 3.07. The molecule has 2 unspecified atom stereocenters. The molecule has 1 fully saturated rings. The summed E-state index contributed by atoms with van der Waals surface area (Å²) in [5.41, 5.74) is 13.9. The van der Waals surface area contributed by atoms with E-state index in [0.717, 1.165) is 19.4 Å². The zero-order valence-electron chi connectivity index (χ0n) is 8.95. The average Bonchev–Trinajstić information content (AvgIpc) is 2.30. The van der Waals surface area contributed by atoms with Gasteiger partial charge in [0, 0.05) is 25.2 Å². The number of rotatable bonds is 2. The molecule has 0 saturated carbocycles. The molecule has 0 aliphatic carbocycles. The van der Waals surface area contributed by atoms with Gasteiger partial charge in [-0.25, -0.2) is 0 Å². The average molecular weight is 205 g/mol. The molecule has 3 heteroatoms. The van der Waals surface area contributed by atoms with Crippen LogP contribution in [-0.4, -0.2) is 12.6 Å². The van der Waals surface area contributed by atoms with Crippen molar-refractivity contribution in [2.75, 3.05) is 6.54 Å². The molecule has 1 heterocycles. The van der Waals surface area contributed by atoms with Gasteiger partial charge >= 0.3 is 0 Å². The Morgan fingerprint density at radius 1 is 1.20 bits per heavy atom. The van der Waals surface area contributed by atoms with Crippen molar-refractivity contribution >= 4 is 0 Å². The Bertz CT molecular complexity index is 299. The SMILES string of the molecule is NCc1ccc(C2CCC(N)CN2)cc1. The molecule has 15 heavy (non-hydrogen) atoms. The van der Waals surface area contributed by atoms with Crippen LogP contribution in [0.2, 0.25) is 0 Å². The highest BCUT2D eigenvalue weighted by Crippen LogP contribution is 2.22. The van der Waals surface area contributed by atoms with Crippen molar-refractivity contribution in [1.29, 1.82) is 0 Å². The molecule has 0 spiro atoms. The standard InChI is InChI=1S/C12H19N3/c13-7-9-1-3-10(4-2-9)12-6-5-11(14)8-15-12/h1-4,11-12,15H,5-8,13-14H2. The summed E-state index contributed by atoms with van der Waals surface area (Å²) in [7, 11) is 0. The molecule has 1 saturated heterocycles. The lowest BCUT2D eigenvalue weighted by Crippen LogP contribution is -2.41. The van der Waals surface area contributed by atoms with Gasteiger partial charge in [-0.3, -0.25) is 0 Å². The van der Waals surface area contributed by atoms with Crippen LogP contribution in [0.4, 0.5) is 0 Å². The van der Waals surface area contributed by atoms with Gasteiger partial charge in [0.2, 0.25) is 0 Å². The first-order valence-electron chi connectivity index (χ1n) is 5.57. The van der Waals surface area contributed by atoms with E-state index in [1.165, 1.54) is 11.1 Å². The van der Waals surface area contributed by atoms with Crippen LogP contribution in [0.15, 0.2) is 24.3 Å². The second-order valence-electron chi connectivity index (χ2n) is 4.24. The van der Waals surface area contributed by atoms with Crippen LogP contribution in [0.3, 0.4) is 0 Å². The second kappa shape index (κ2) is 4.75. The molecule has 1 aliphatic rings. The van der Waals surface area contributed by atoms with Crippen molar-refractivity contribution in [3.05, 3.63) is 35.4 Å².